The van der Waals surface area contributed by atoms with Crippen molar-refractivity contribution in [2.45, 2.75) is 28.7 Å². The molecule has 0 unspecified atom stereocenters. The number of hydrogen-bond donors (Lipinski definition) is 0. The largest absolute Gasteiger partial charge is 0.207 e. The lowest BCUT2D eigenvalue weighted by atomic mass is 10.1. The average Bonchev–Trinajstić information content (AvgIpc) is 1.82. The zero-order valence-corrected chi connectivity index (χ0v) is 5.91. The van der Waals surface area contributed by atoms with E-state index in [1.54, 1.807) is 6.92 Å². The van der Waals surface area contributed by atoms with Gasteiger partial charge in [0.25, 0.3) is 0 Å². The maximum Gasteiger partial charge on any atom is 0.129 e. The van der Waals surface area contributed by atoms with Crippen LogP contribution in [0.15, 0.2) is 12.1 Å². The fourth-order valence-corrected chi connectivity index (χ4v) is 0.772. The molecule has 0 fully saturated rings. The van der Waals surface area contributed by atoms with E-state index >= 15 is 0 Å². The molecule has 0 aromatic heterocycles. The van der Waals surface area contributed by atoms with Gasteiger partial charge in [0.1, 0.15) is 11.6 Å². The molecule has 2 heteroatoms. The van der Waals surface area contributed by atoms with Crippen LogP contribution in [0.2, 0.25) is 0 Å². The molecule has 1 aromatic rings. The number of hydrogen-bond acceptors (Lipinski definition) is 0. The van der Waals surface area contributed by atoms with Crippen LogP contribution in [0.25, 0.3) is 0 Å². The van der Waals surface area contributed by atoms with E-state index in [1.165, 1.54) is 19.1 Å². The smallest absolute Gasteiger partial charge is 0.129 e. The number of halogens is 2. The number of benzene rings is 1. The molecule has 1 rings (SSSR count). The molecule has 0 saturated carbocycles. The van der Waals surface area contributed by atoms with E-state index in [2.05, 4.69) is 0 Å². The highest BCUT2D eigenvalue weighted by molar-refractivity contribution is 5.23. The van der Waals surface area contributed by atoms with Crippen molar-refractivity contribution >= 4 is 0 Å². The van der Waals surface area contributed by atoms with Crippen LogP contribution in [0, 0.1) is 25.5 Å². The molecule has 1 aromatic carbocycles. The third kappa shape index (κ3) is 2.61. The van der Waals surface area contributed by atoms with Gasteiger partial charge in [-0.25, -0.2) is 8.78 Å². The van der Waals surface area contributed by atoms with E-state index in [1.807, 2.05) is 0 Å². The minimum atomic E-state index is -0.475. The van der Waals surface area contributed by atoms with Gasteiger partial charge in [-0.05, 0) is 31.5 Å². The Morgan fingerprint density at radius 3 is 1.58 bits per heavy atom. The first kappa shape index (κ1) is 13.7. The molecule has 0 N–H and O–H groups in total. The van der Waals surface area contributed by atoms with Crippen molar-refractivity contribution in [1.29, 1.82) is 0 Å². The Morgan fingerprint density at radius 1 is 0.917 bits per heavy atom. The molecule has 0 bridgehead atoms. The van der Waals surface area contributed by atoms with Crippen molar-refractivity contribution in [3.8, 4) is 0 Å². The Labute approximate surface area is 73.2 Å². The van der Waals surface area contributed by atoms with Gasteiger partial charge in [-0.2, -0.15) is 0 Å². The second-order valence-corrected chi connectivity index (χ2v) is 2.35. The second-order valence-electron chi connectivity index (χ2n) is 2.35. The first-order valence-electron chi connectivity index (χ1n) is 3.03. The molecule has 0 radical (unpaired) electrons. The van der Waals surface area contributed by atoms with Gasteiger partial charge in [0.2, 0.25) is 0 Å². The van der Waals surface area contributed by atoms with Gasteiger partial charge in [0, 0.05) is 5.56 Å². The summed E-state index contributed by atoms with van der Waals surface area (Å²) < 4.78 is 25.2. The van der Waals surface area contributed by atoms with Gasteiger partial charge < -0.3 is 0 Å². The monoisotopic (exact) mass is 174 g/mol. The Balaban J connectivity index is 0. The summed E-state index contributed by atoms with van der Waals surface area (Å²) in [4.78, 5) is 0. The van der Waals surface area contributed by atoms with Crippen LogP contribution in [0.5, 0.6) is 0 Å². The first-order valence-corrected chi connectivity index (χ1v) is 3.03. The van der Waals surface area contributed by atoms with Gasteiger partial charge in [0.15, 0.2) is 0 Å². The minimum absolute atomic E-state index is 0. The normalized spacial score (nSPS) is 8.33. The molecule has 0 heterocycles. The molecule has 0 saturated heterocycles. The van der Waals surface area contributed by atoms with Gasteiger partial charge in [-0.1, -0.05) is 14.9 Å². The van der Waals surface area contributed by atoms with Crippen molar-refractivity contribution in [1.82, 2.24) is 0 Å². The van der Waals surface area contributed by atoms with E-state index < -0.39 is 11.6 Å². The summed E-state index contributed by atoms with van der Waals surface area (Å²) in [6.45, 7) is 3.08. The van der Waals surface area contributed by atoms with Gasteiger partial charge in [-0.3, -0.25) is 0 Å². The van der Waals surface area contributed by atoms with Crippen molar-refractivity contribution in [2.24, 2.45) is 0 Å². The van der Waals surface area contributed by atoms with Crippen LogP contribution < -0.4 is 0 Å². The molecule has 70 valence electrons. The lowest BCUT2D eigenvalue weighted by Crippen LogP contribution is -1.88. The second kappa shape index (κ2) is 4.86. The quantitative estimate of drug-likeness (QED) is 0.560. The highest BCUT2D eigenvalue weighted by atomic mass is 19.1. The summed E-state index contributed by atoms with van der Waals surface area (Å²) in [6.07, 6.45) is 0. The average molecular weight is 174 g/mol. The van der Waals surface area contributed by atoms with Crippen LogP contribution in [0.1, 0.15) is 26.0 Å². The summed E-state index contributed by atoms with van der Waals surface area (Å²) >= 11 is 0. The predicted octanol–water partition coefficient (Wildman–Crippen LogP) is 3.85. The molecule has 0 aliphatic heterocycles. The highest BCUT2D eigenvalue weighted by Gasteiger charge is 2.02. The predicted molar refractivity (Wildman–Crippen MR) is 49.3 cm³/mol. The van der Waals surface area contributed by atoms with Crippen molar-refractivity contribution in [3.63, 3.8) is 0 Å². The molecule has 0 spiro atoms. The first-order chi connectivity index (χ1) is 4.61. The molecule has 0 amide bonds. The van der Waals surface area contributed by atoms with Crippen molar-refractivity contribution in [3.05, 3.63) is 34.9 Å². The van der Waals surface area contributed by atoms with E-state index in [9.17, 15) is 8.78 Å². The minimum Gasteiger partial charge on any atom is -0.207 e. The molecule has 12 heavy (non-hydrogen) atoms. The summed E-state index contributed by atoms with van der Waals surface area (Å²) in [6, 6.07) is 2.64. The topological polar surface area (TPSA) is 0 Å². The summed E-state index contributed by atoms with van der Waals surface area (Å²) in [5.41, 5.74) is 0.700. The third-order valence-electron chi connectivity index (χ3n) is 1.43. The van der Waals surface area contributed by atoms with Crippen molar-refractivity contribution in [2.75, 3.05) is 0 Å². The number of rotatable bonds is 0. The Kier molecular flexibility index (Phi) is 5.53. The summed E-state index contributed by atoms with van der Waals surface area (Å²) in [7, 11) is 0. The van der Waals surface area contributed by atoms with E-state index in [-0.39, 0.29) is 20.4 Å². The van der Waals surface area contributed by atoms with Crippen LogP contribution in [-0.2, 0) is 0 Å². The van der Waals surface area contributed by atoms with Crippen LogP contribution in [0.3, 0.4) is 0 Å². The van der Waals surface area contributed by atoms with E-state index in [0.717, 1.165) is 0 Å². The van der Waals surface area contributed by atoms with Crippen LogP contribution in [-0.4, -0.2) is 0 Å². The third-order valence-corrected chi connectivity index (χ3v) is 1.43. The molecular formula is C10H16F2. The van der Waals surface area contributed by atoms with Crippen LogP contribution in [0.4, 0.5) is 8.78 Å². The zero-order valence-electron chi connectivity index (χ0n) is 5.91. The maximum absolute atomic E-state index is 12.6. The maximum atomic E-state index is 12.6. The fraction of sp³-hybridized carbons (Fsp3) is 0.400. The van der Waals surface area contributed by atoms with Gasteiger partial charge in [-0.15, -0.1) is 0 Å². The summed E-state index contributed by atoms with van der Waals surface area (Å²) in [5.74, 6) is -0.949. The fourth-order valence-electron chi connectivity index (χ4n) is 0.772. The molecule has 0 aliphatic rings. The Hall–Kier alpha value is -0.920. The van der Waals surface area contributed by atoms with E-state index in [4.69, 9.17) is 0 Å². The standard InChI is InChI=1S/C8H8F2.2CH4/c1-5-3-7(9)6(2)8(10)4-5;;/h3-4H,1-2H3;2*1H4. The van der Waals surface area contributed by atoms with Gasteiger partial charge in [0.05, 0.1) is 0 Å². The van der Waals surface area contributed by atoms with Gasteiger partial charge >= 0.3 is 0 Å². The lowest BCUT2D eigenvalue weighted by molar-refractivity contribution is 0.566. The zero-order chi connectivity index (χ0) is 7.72. The Bertz CT molecular complexity index is 231. The molecule has 0 atom stereocenters. The Morgan fingerprint density at radius 2 is 1.25 bits per heavy atom. The highest BCUT2D eigenvalue weighted by Crippen LogP contribution is 2.12. The molecular weight excluding hydrogens is 158 g/mol. The summed E-state index contributed by atoms with van der Waals surface area (Å²) in [5, 5.41) is 0. The molecule has 0 aliphatic carbocycles. The molecule has 0 nitrogen and oxygen atoms in total. The SMILES string of the molecule is C.C.Cc1cc(F)c(C)c(F)c1. The lowest BCUT2D eigenvalue weighted by Gasteiger charge is -1.98. The van der Waals surface area contributed by atoms with E-state index in [0.29, 0.717) is 5.56 Å². The van der Waals surface area contributed by atoms with Crippen LogP contribution >= 0.6 is 0 Å². The number of aryl methyl sites for hydroxylation is 1. The van der Waals surface area contributed by atoms with Crippen molar-refractivity contribution < 1.29 is 8.78 Å².